The Balaban J connectivity index is 1.74. The molecule has 29 heavy (non-hydrogen) atoms. The highest BCUT2D eigenvalue weighted by Crippen LogP contribution is 2.32. The Bertz CT molecular complexity index is 1330. The molecular weight excluding hydrogens is 393 g/mol. The summed E-state index contributed by atoms with van der Waals surface area (Å²) >= 11 is 6.01. The number of aromatic nitrogens is 2. The third-order valence-electron chi connectivity index (χ3n) is 4.60. The van der Waals surface area contributed by atoms with Crippen molar-refractivity contribution in [1.29, 1.82) is 5.26 Å². The highest BCUT2D eigenvalue weighted by Gasteiger charge is 2.16. The van der Waals surface area contributed by atoms with E-state index in [9.17, 15) is 4.79 Å². The van der Waals surface area contributed by atoms with E-state index in [2.05, 4.69) is 4.98 Å². The van der Waals surface area contributed by atoms with Crippen LogP contribution in [0.25, 0.3) is 11.0 Å². The number of para-hydroxylation sites is 2. The molecule has 0 unspecified atom stereocenters. The molecule has 3 aromatic carbocycles. The summed E-state index contributed by atoms with van der Waals surface area (Å²) in [4.78, 5) is 15.1. The molecule has 0 amide bonds. The summed E-state index contributed by atoms with van der Waals surface area (Å²) in [6.07, 6.45) is 0. The van der Waals surface area contributed by atoms with Crippen molar-refractivity contribution < 1.29 is 9.13 Å². The van der Waals surface area contributed by atoms with Gasteiger partial charge in [-0.1, -0.05) is 35.9 Å². The van der Waals surface area contributed by atoms with Crippen molar-refractivity contribution in [2.45, 2.75) is 13.5 Å². The van der Waals surface area contributed by atoms with E-state index in [1.54, 1.807) is 31.2 Å². The maximum atomic E-state index is 15.3. The predicted octanol–water partition coefficient (Wildman–Crippen LogP) is 5.14. The Morgan fingerprint density at radius 2 is 2.00 bits per heavy atom. The van der Waals surface area contributed by atoms with Gasteiger partial charge in [0.05, 0.1) is 29.2 Å². The van der Waals surface area contributed by atoms with Crippen LogP contribution in [0.3, 0.4) is 0 Å². The van der Waals surface area contributed by atoms with Crippen LogP contribution in [0.5, 0.6) is 11.5 Å². The molecule has 4 rings (SSSR count). The lowest BCUT2D eigenvalue weighted by molar-refractivity contribution is 0.433. The fourth-order valence-corrected chi connectivity index (χ4v) is 3.40. The molecule has 0 atom stereocenters. The van der Waals surface area contributed by atoms with Crippen molar-refractivity contribution in [1.82, 2.24) is 9.55 Å². The van der Waals surface area contributed by atoms with Crippen molar-refractivity contribution in [3.63, 3.8) is 0 Å². The van der Waals surface area contributed by atoms with Gasteiger partial charge in [0.25, 0.3) is 0 Å². The van der Waals surface area contributed by atoms with E-state index in [0.29, 0.717) is 32.7 Å². The molecule has 4 aromatic rings. The Morgan fingerprint density at radius 1 is 1.21 bits per heavy atom. The highest BCUT2D eigenvalue weighted by molar-refractivity contribution is 6.30. The van der Waals surface area contributed by atoms with Gasteiger partial charge in [-0.05, 0) is 42.8 Å². The highest BCUT2D eigenvalue weighted by atomic mass is 35.5. The summed E-state index contributed by atoms with van der Waals surface area (Å²) in [6, 6.07) is 17.1. The minimum atomic E-state index is -0.569. The van der Waals surface area contributed by atoms with Crippen molar-refractivity contribution in [3.05, 3.63) is 92.6 Å². The predicted molar refractivity (Wildman–Crippen MR) is 109 cm³/mol. The number of aryl methyl sites for hydroxylation is 1. The maximum Gasteiger partial charge on any atom is 0.326 e. The van der Waals surface area contributed by atoms with Gasteiger partial charge in [0.1, 0.15) is 5.75 Å². The molecule has 0 saturated heterocycles. The van der Waals surface area contributed by atoms with Crippen LogP contribution in [0.4, 0.5) is 4.39 Å². The molecular formula is C22H15ClFN3O2. The number of nitriles is 1. The molecule has 0 aliphatic heterocycles. The Morgan fingerprint density at radius 3 is 2.79 bits per heavy atom. The quantitative estimate of drug-likeness (QED) is 0.509. The fourth-order valence-electron chi connectivity index (χ4n) is 3.18. The fraction of sp³-hybridized carbons (Fsp3) is 0.0909. The summed E-state index contributed by atoms with van der Waals surface area (Å²) in [5, 5.41) is 9.41. The Hall–Kier alpha value is -3.56. The van der Waals surface area contributed by atoms with Gasteiger partial charge in [-0.2, -0.15) is 5.26 Å². The number of nitrogens with one attached hydrogen (secondary N) is 1. The van der Waals surface area contributed by atoms with Gasteiger partial charge < -0.3 is 9.72 Å². The second-order valence-corrected chi connectivity index (χ2v) is 7.04. The zero-order valence-electron chi connectivity index (χ0n) is 15.4. The van der Waals surface area contributed by atoms with Crippen molar-refractivity contribution >= 4 is 22.6 Å². The molecule has 0 saturated carbocycles. The van der Waals surface area contributed by atoms with Gasteiger partial charge in [-0.15, -0.1) is 0 Å². The van der Waals surface area contributed by atoms with Crippen molar-refractivity contribution in [2.75, 3.05) is 0 Å². The number of H-pyrrole nitrogens is 1. The molecule has 0 bridgehead atoms. The van der Waals surface area contributed by atoms with Crippen LogP contribution >= 0.6 is 11.6 Å². The second kappa shape index (κ2) is 7.46. The van der Waals surface area contributed by atoms with Crippen LogP contribution in [-0.2, 0) is 6.54 Å². The minimum absolute atomic E-state index is 0.0292. The molecule has 144 valence electrons. The smallest absolute Gasteiger partial charge is 0.326 e. The molecule has 0 aliphatic carbocycles. The van der Waals surface area contributed by atoms with E-state index in [4.69, 9.17) is 21.6 Å². The molecule has 1 heterocycles. The summed E-state index contributed by atoms with van der Waals surface area (Å²) < 4.78 is 22.5. The van der Waals surface area contributed by atoms with Crippen LogP contribution in [0.1, 0.15) is 16.7 Å². The summed E-state index contributed by atoms with van der Waals surface area (Å²) in [5.41, 5.74) is 2.25. The molecule has 5 nitrogen and oxygen atoms in total. The number of aromatic amines is 1. The molecule has 1 aromatic heterocycles. The van der Waals surface area contributed by atoms with Gasteiger partial charge in [0.2, 0.25) is 0 Å². The number of ether oxygens (including phenoxy) is 1. The normalized spacial score (nSPS) is 10.8. The number of benzene rings is 3. The first-order valence-electron chi connectivity index (χ1n) is 8.80. The second-order valence-electron chi connectivity index (χ2n) is 6.61. The summed E-state index contributed by atoms with van der Waals surface area (Å²) in [7, 11) is 0. The number of rotatable bonds is 4. The lowest BCUT2D eigenvalue weighted by Gasteiger charge is -2.14. The minimum Gasteiger partial charge on any atom is -0.454 e. The topological polar surface area (TPSA) is 70.8 Å². The van der Waals surface area contributed by atoms with E-state index in [1.165, 1.54) is 22.8 Å². The van der Waals surface area contributed by atoms with Crippen LogP contribution in [0.2, 0.25) is 5.02 Å². The van der Waals surface area contributed by atoms with Crippen LogP contribution in [0, 0.1) is 24.1 Å². The molecule has 0 aliphatic rings. The number of imidazole rings is 1. The van der Waals surface area contributed by atoms with Crippen LogP contribution in [-0.4, -0.2) is 9.55 Å². The van der Waals surface area contributed by atoms with E-state index in [0.717, 1.165) is 0 Å². The first-order chi connectivity index (χ1) is 14.0. The van der Waals surface area contributed by atoms with Gasteiger partial charge in [0.15, 0.2) is 11.6 Å². The van der Waals surface area contributed by atoms with E-state index < -0.39 is 5.82 Å². The van der Waals surface area contributed by atoms with Gasteiger partial charge >= 0.3 is 5.69 Å². The first-order valence-corrected chi connectivity index (χ1v) is 9.18. The average Bonchev–Trinajstić information content (AvgIpc) is 3.02. The third-order valence-corrected chi connectivity index (χ3v) is 4.82. The van der Waals surface area contributed by atoms with Crippen LogP contribution < -0.4 is 10.4 Å². The third kappa shape index (κ3) is 3.60. The summed E-state index contributed by atoms with van der Waals surface area (Å²) in [6.45, 7) is 1.76. The summed E-state index contributed by atoms with van der Waals surface area (Å²) in [5.74, 6) is -0.278. The maximum absolute atomic E-state index is 15.3. The number of nitrogens with zero attached hydrogens (tertiary/aromatic N) is 2. The van der Waals surface area contributed by atoms with Gasteiger partial charge in [-0.25, -0.2) is 9.18 Å². The molecule has 7 heteroatoms. The lowest BCUT2D eigenvalue weighted by atomic mass is 10.1. The van der Waals surface area contributed by atoms with Crippen molar-refractivity contribution in [3.8, 4) is 17.6 Å². The van der Waals surface area contributed by atoms with Gasteiger partial charge in [0, 0.05) is 10.6 Å². The number of hydrogen-bond acceptors (Lipinski definition) is 3. The Labute approximate surface area is 170 Å². The first kappa shape index (κ1) is 18.8. The average molecular weight is 408 g/mol. The van der Waals surface area contributed by atoms with Gasteiger partial charge in [-0.3, -0.25) is 4.57 Å². The number of fused-ring (bicyclic) bond motifs is 1. The van der Waals surface area contributed by atoms with E-state index >= 15 is 4.39 Å². The number of hydrogen-bond donors (Lipinski definition) is 1. The standard InChI is InChI=1S/C22H15ClFN3O2/c1-13-6-7-15(12-27-19-5-3-2-4-18(19)26-22(27)28)20(24)21(13)29-17-9-14(11-25)8-16(23)10-17/h2-10H,12H2,1H3,(H,26,28). The number of halogens is 2. The van der Waals surface area contributed by atoms with E-state index in [1.807, 2.05) is 18.2 Å². The molecule has 0 fully saturated rings. The molecule has 0 spiro atoms. The lowest BCUT2D eigenvalue weighted by Crippen LogP contribution is -2.18. The largest absolute Gasteiger partial charge is 0.454 e. The van der Waals surface area contributed by atoms with Crippen LogP contribution in [0.15, 0.2) is 59.4 Å². The molecule has 1 N–H and O–H groups in total. The zero-order valence-corrected chi connectivity index (χ0v) is 16.1. The Kier molecular flexibility index (Phi) is 4.83. The monoisotopic (exact) mass is 407 g/mol. The van der Waals surface area contributed by atoms with E-state index in [-0.39, 0.29) is 23.7 Å². The molecule has 0 radical (unpaired) electrons. The van der Waals surface area contributed by atoms with Crippen molar-refractivity contribution in [2.24, 2.45) is 0 Å². The SMILES string of the molecule is Cc1ccc(Cn2c(=O)[nH]c3ccccc32)c(F)c1Oc1cc(Cl)cc(C#N)c1. The zero-order chi connectivity index (χ0) is 20.5.